The van der Waals surface area contributed by atoms with Crippen LogP contribution in [0.3, 0.4) is 0 Å². The standard InChI is InChI=1S/2CH4.N2.H3N.2H2/c;;1-2;;;/h2*1H4;;1H3;2*1H/i;;;;2*1+1/hT. The lowest BCUT2D eigenvalue weighted by Gasteiger charge is -0.577. The van der Waals surface area contributed by atoms with Gasteiger partial charge in [0.1, 0.15) is 1.41 Å². The van der Waals surface area contributed by atoms with Gasteiger partial charge in [-0.1, -0.05) is 14.9 Å². The first kappa shape index (κ1) is 26.3. The summed E-state index contributed by atoms with van der Waals surface area (Å²) in [5.41, 5.74) is 0. The van der Waals surface area contributed by atoms with E-state index in [9.17, 15) is 0 Å². The number of hydrogen-bond acceptors (Lipinski definition) is 3. The molecule has 0 heterocycles. The Morgan fingerprint density at radius 2 is 1.40 bits per heavy atom. The Morgan fingerprint density at radius 1 is 1.40 bits per heavy atom. The van der Waals surface area contributed by atoms with E-state index in [1.165, 1.54) is 0 Å². The minimum absolute atomic E-state index is 0. The Bertz CT molecular complexity index is 17.2. The van der Waals surface area contributed by atoms with Gasteiger partial charge in [0, 0.05) is 13.6 Å². The lowest BCUT2D eigenvalue weighted by molar-refractivity contribution is 1.15. The van der Waals surface area contributed by atoms with Gasteiger partial charge in [-0.15, -0.1) is 0 Å². The van der Waals surface area contributed by atoms with E-state index in [1.54, 1.807) is 0 Å². The third-order valence-electron chi connectivity index (χ3n) is 0. The van der Waals surface area contributed by atoms with Gasteiger partial charge in [-0.05, 0) is 0 Å². The molecule has 3 heteroatoms. The van der Waals surface area contributed by atoms with Crippen LogP contribution in [0.1, 0.15) is 17.7 Å². The summed E-state index contributed by atoms with van der Waals surface area (Å²) in [6.07, 6.45) is 3.75. The molecular formula is C2H15N3. The summed E-state index contributed by atoms with van der Waals surface area (Å²) in [5, 5.41) is 12.0. The van der Waals surface area contributed by atoms with Gasteiger partial charge in [0.05, 0.1) is 0 Å². The van der Waals surface area contributed by atoms with Crippen molar-refractivity contribution in [1.82, 2.24) is 6.14 Å². The van der Waals surface area contributed by atoms with E-state index in [1.807, 2.05) is 0 Å². The van der Waals surface area contributed by atoms with Crippen LogP contribution in [0.2, 0.25) is 1.41 Å². The van der Waals surface area contributed by atoms with Gasteiger partial charge < -0.3 is 6.14 Å². The minimum atomic E-state index is 0. The van der Waals surface area contributed by atoms with Crippen LogP contribution in [0.4, 0.5) is 0 Å². The van der Waals surface area contributed by atoms with Crippen LogP contribution in [0.25, 0.3) is 0 Å². The molecule has 38 valence electrons. The van der Waals surface area contributed by atoms with Crippen molar-refractivity contribution in [2.45, 2.75) is 14.9 Å². The summed E-state index contributed by atoms with van der Waals surface area (Å²) >= 11 is 0. The summed E-state index contributed by atoms with van der Waals surface area (Å²) in [4.78, 5) is 0. The fourth-order valence-corrected chi connectivity index (χ4v) is 0. The normalized spacial score (nSPS) is 1.80. The third kappa shape index (κ3) is 16.7. The van der Waals surface area contributed by atoms with E-state index in [2.05, 4.69) is 6.14 Å². The molecule has 0 spiro atoms. The maximum Gasteiger partial charge on any atom is 0.115 e. The van der Waals surface area contributed by atoms with Crippen molar-refractivity contribution < 1.29 is 4.27 Å². The fourth-order valence-electron chi connectivity index (χ4n) is 0. The zero-order chi connectivity index (χ0) is 4.00. The molecule has 0 aliphatic carbocycles. The molecule has 0 saturated heterocycles. The molecule has 0 radical (unpaired) electrons. The maximum atomic E-state index is 6.00. The average molecular weight is 85.2 g/mol. The van der Waals surface area contributed by atoms with Crippen LogP contribution in [0.15, 0.2) is 0 Å². The van der Waals surface area contributed by atoms with E-state index < -0.39 is 0 Å². The van der Waals surface area contributed by atoms with Gasteiger partial charge >= 0.3 is 0 Å². The first-order valence-corrected chi connectivity index (χ1v) is 0.200. The molecule has 0 amide bonds. The highest BCUT2D eigenvalue weighted by atomic mass is 14.6. The molecule has 0 fully saturated rings. The predicted octanol–water partition coefficient (Wildman–Crippen LogP) is 1.96. The van der Waals surface area contributed by atoms with Crippen molar-refractivity contribution in [1.29, 1.82) is 10.8 Å². The van der Waals surface area contributed by atoms with E-state index in [-0.39, 0.29) is 17.7 Å². The maximum absolute atomic E-state index is 6.00. The summed E-state index contributed by atoms with van der Waals surface area (Å²) in [5.74, 6) is 0. The van der Waals surface area contributed by atoms with Crippen LogP contribution >= 0.6 is 0 Å². The second-order valence-electron chi connectivity index (χ2n) is 0. The summed E-state index contributed by atoms with van der Waals surface area (Å²) in [6.45, 7) is 0. The zero-order valence-electron chi connectivity index (χ0n) is 2.47. The summed E-state index contributed by atoms with van der Waals surface area (Å²) in [6, 6.07) is 0. The predicted molar refractivity (Wildman–Crippen MR) is 26.2 cm³/mol. The summed E-state index contributed by atoms with van der Waals surface area (Å²) in [7, 11) is 0. The molecule has 0 bridgehead atoms. The van der Waals surface area contributed by atoms with Crippen molar-refractivity contribution in [2.75, 3.05) is 0 Å². The van der Waals surface area contributed by atoms with Crippen molar-refractivity contribution in [3.63, 3.8) is 0 Å². The third-order valence-corrected chi connectivity index (χ3v) is 0. The molecule has 3 N–H and O–H groups in total. The van der Waals surface area contributed by atoms with E-state index in [0.29, 0.717) is 0 Å². The highest BCUT2D eigenvalue weighted by Gasteiger charge is 0.577. The minimum Gasteiger partial charge on any atom is -0.344 e. The Hall–Kier alpha value is -0.620. The Balaban J connectivity index is -0.00000000167. The molecule has 0 aliphatic rings. The van der Waals surface area contributed by atoms with Crippen LogP contribution < -0.4 is 6.14 Å². The SMILES string of the molecule is C.C.N#N.[2HH].[2HH].[3H]N. The molecule has 5 heavy (non-hydrogen) atoms. The van der Waals surface area contributed by atoms with Gasteiger partial charge in [0.25, 0.3) is 0 Å². The number of nitrogens with zero attached hydrogens (tertiary/aromatic N) is 2. The van der Waals surface area contributed by atoms with Crippen molar-refractivity contribution in [3.8, 4) is 0 Å². The van der Waals surface area contributed by atoms with Crippen LogP contribution in [0, 0.1) is 10.8 Å². The molecule has 3 nitrogen and oxygen atoms in total. The Kier molecular flexibility index (Phi) is 262. The van der Waals surface area contributed by atoms with Gasteiger partial charge in [-0.2, -0.15) is 0 Å². The second-order valence-corrected chi connectivity index (χ2v) is 0. The largest absolute Gasteiger partial charge is 0.344 e. The van der Waals surface area contributed by atoms with Crippen LogP contribution in [-0.2, 0) is 0 Å². The quantitative estimate of drug-likeness (QED) is 0.456. The highest BCUT2D eigenvalue weighted by Crippen LogP contribution is 0.592. The van der Waals surface area contributed by atoms with Crippen LogP contribution in [0.5, 0.6) is 0 Å². The van der Waals surface area contributed by atoms with E-state index in [0.717, 1.165) is 0 Å². The molecule has 0 atom stereocenters. The van der Waals surface area contributed by atoms with Gasteiger partial charge in [0.15, 0.2) is 0 Å². The molecule has 0 aliphatic heterocycles. The Labute approximate surface area is 37.4 Å². The lowest BCUT2D eigenvalue weighted by atomic mass is 12.0. The smallest absolute Gasteiger partial charge is 0.115 e. The molecule has 0 unspecified atom stereocenters. The fraction of sp³-hybridized carbons (Fsp3) is 1.00. The second kappa shape index (κ2) is 49.8. The van der Waals surface area contributed by atoms with Gasteiger partial charge in [0.2, 0.25) is 0 Å². The average Bonchev–Trinajstić information content (AvgIpc) is 1.50. The highest BCUT2D eigenvalue weighted by molar-refractivity contribution is 2.50. The number of rotatable bonds is 0. The first-order chi connectivity index (χ1) is 2.00. The number of hydrogen-bond donors (Lipinski definition) is 1. The Morgan fingerprint density at radius 3 is 1.40 bits per heavy atom. The monoisotopic (exact) mass is 85.1 g/mol. The molecule has 0 aromatic heterocycles. The molecule has 0 rings (SSSR count). The van der Waals surface area contributed by atoms with E-state index >= 15 is 0 Å². The van der Waals surface area contributed by atoms with Crippen molar-refractivity contribution in [3.05, 3.63) is 0 Å². The van der Waals surface area contributed by atoms with Crippen LogP contribution in [-0.4, -0.2) is 0 Å². The van der Waals surface area contributed by atoms with Gasteiger partial charge in [-0.25, -0.2) is 0 Å². The van der Waals surface area contributed by atoms with Crippen molar-refractivity contribution in [2.24, 2.45) is 0 Å². The first-order valence-electron chi connectivity index (χ1n) is 0.777. The van der Waals surface area contributed by atoms with E-state index in [4.69, 9.17) is 12.2 Å². The molecular weight excluding hydrogens is 66.0 g/mol. The molecule has 0 aromatic carbocycles. The summed E-state index contributed by atoms with van der Waals surface area (Å²) < 4.78 is 5.25. The topological polar surface area (TPSA) is 82.6 Å². The lowest BCUT2D eigenvalue weighted by Crippen LogP contribution is -0.562. The molecule has 0 aromatic rings. The molecule has 0 saturated carbocycles. The van der Waals surface area contributed by atoms with Gasteiger partial charge in [-0.3, -0.25) is 0 Å². The van der Waals surface area contributed by atoms with Crippen molar-refractivity contribution >= 4 is 0 Å². The zero-order valence-corrected chi connectivity index (χ0v) is 1.47.